The van der Waals surface area contributed by atoms with Gasteiger partial charge >= 0.3 is 5.97 Å². The second kappa shape index (κ2) is 5.26. The lowest BCUT2D eigenvalue weighted by Gasteiger charge is -2.08. The number of fused-ring (bicyclic) bond motifs is 1. The molecule has 0 amide bonds. The Labute approximate surface area is 128 Å². The second-order valence-electron chi connectivity index (χ2n) is 4.50. The van der Waals surface area contributed by atoms with Crippen molar-refractivity contribution in [3.05, 3.63) is 64.4 Å². The average Bonchev–Trinajstić information content (AvgIpc) is 2.47. The standard InChI is InChI=1S/C16H9BrFNO2/c17-10-6-4-9(5-7-10)14-8-12(16(20)21)11-2-1-3-13(18)15(11)19-14/h1-8H,(H,20,21). The van der Waals surface area contributed by atoms with E-state index in [1.54, 1.807) is 18.2 Å². The van der Waals surface area contributed by atoms with Gasteiger partial charge < -0.3 is 5.11 Å². The monoisotopic (exact) mass is 345 g/mol. The van der Waals surface area contributed by atoms with Crippen molar-refractivity contribution in [2.45, 2.75) is 0 Å². The lowest BCUT2D eigenvalue weighted by molar-refractivity contribution is 0.0699. The number of para-hydroxylation sites is 1. The van der Waals surface area contributed by atoms with Crippen LogP contribution in [0.25, 0.3) is 22.2 Å². The molecule has 0 aliphatic heterocycles. The fourth-order valence-electron chi connectivity index (χ4n) is 2.16. The van der Waals surface area contributed by atoms with Crippen LogP contribution in [0.3, 0.4) is 0 Å². The number of carbonyl (C=O) groups is 1. The summed E-state index contributed by atoms with van der Waals surface area (Å²) in [6.07, 6.45) is 0. The number of aromatic carboxylic acids is 1. The fourth-order valence-corrected chi connectivity index (χ4v) is 2.42. The van der Waals surface area contributed by atoms with Crippen molar-refractivity contribution in [1.82, 2.24) is 4.98 Å². The van der Waals surface area contributed by atoms with Gasteiger partial charge in [-0.15, -0.1) is 0 Å². The third-order valence-corrected chi connectivity index (χ3v) is 3.69. The van der Waals surface area contributed by atoms with Crippen LogP contribution in [0, 0.1) is 5.82 Å². The Kier molecular flexibility index (Phi) is 3.43. The lowest BCUT2D eigenvalue weighted by Crippen LogP contribution is -2.01. The van der Waals surface area contributed by atoms with Crippen molar-refractivity contribution in [3.8, 4) is 11.3 Å². The summed E-state index contributed by atoms with van der Waals surface area (Å²) in [6.45, 7) is 0. The lowest BCUT2D eigenvalue weighted by atomic mass is 10.0. The van der Waals surface area contributed by atoms with Crippen molar-refractivity contribution < 1.29 is 14.3 Å². The highest BCUT2D eigenvalue weighted by Crippen LogP contribution is 2.27. The summed E-state index contributed by atoms with van der Waals surface area (Å²) in [5, 5.41) is 9.63. The van der Waals surface area contributed by atoms with E-state index in [9.17, 15) is 14.3 Å². The molecule has 21 heavy (non-hydrogen) atoms. The van der Waals surface area contributed by atoms with Crippen LogP contribution in [0.2, 0.25) is 0 Å². The normalized spacial score (nSPS) is 10.8. The molecule has 0 unspecified atom stereocenters. The molecule has 5 heteroatoms. The number of pyridine rings is 1. The van der Waals surface area contributed by atoms with E-state index in [0.29, 0.717) is 11.1 Å². The first kappa shape index (κ1) is 13.7. The molecule has 1 N–H and O–H groups in total. The molecule has 3 nitrogen and oxygen atoms in total. The second-order valence-corrected chi connectivity index (χ2v) is 5.42. The predicted molar refractivity (Wildman–Crippen MR) is 81.8 cm³/mol. The zero-order valence-electron chi connectivity index (χ0n) is 10.7. The molecule has 2 aromatic carbocycles. The molecule has 0 atom stereocenters. The quantitative estimate of drug-likeness (QED) is 0.743. The molecule has 1 aromatic heterocycles. The van der Waals surface area contributed by atoms with Crippen LogP contribution in [0.5, 0.6) is 0 Å². The van der Waals surface area contributed by atoms with Gasteiger partial charge in [0, 0.05) is 15.4 Å². The molecule has 3 rings (SSSR count). The first-order valence-electron chi connectivity index (χ1n) is 6.15. The highest BCUT2D eigenvalue weighted by atomic mass is 79.9. The fraction of sp³-hybridized carbons (Fsp3) is 0. The Morgan fingerprint density at radius 1 is 1.14 bits per heavy atom. The van der Waals surface area contributed by atoms with E-state index < -0.39 is 11.8 Å². The van der Waals surface area contributed by atoms with Gasteiger partial charge in [-0.2, -0.15) is 0 Å². The number of rotatable bonds is 2. The van der Waals surface area contributed by atoms with E-state index in [2.05, 4.69) is 20.9 Å². The molecule has 0 bridgehead atoms. The van der Waals surface area contributed by atoms with E-state index in [0.717, 1.165) is 10.0 Å². The molecule has 1 heterocycles. The highest BCUT2D eigenvalue weighted by molar-refractivity contribution is 9.10. The number of nitrogens with zero attached hydrogens (tertiary/aromatic N) is 1. The molecule has 0 radical (unpaired) electrons. The Hall–Kier alpha value is -2.27. The maximum Gasteiger partial charge on any atom is 0.336 e. The minimum absolute atomic E-state index is 0.0393. The summed E-state index contributed by atoms with van der Waals surface area (Å²) in [7, 11) is 0. The number of halogens is 2. The van der Waals surface area contributed by atoms with Gasteiger partial charge in [-0.05, 0) is 24.3 Å². The molecule has 104 valence electrons. The number of hydrogen-bond donors (Lipinski definition) is 1. The average molecular weight is 346 g/mol. The SMILES string of the molecule is O=C(O)c1cc(-c2ccc(Br)cc2)nc2c(F)cccc12. The van der Waals surface area contributed by atoms with Crippen LogP contribution >= 0.6 is 15.9 Å². The van der Waals surface area contributed by atoms with Crippen LogP contribution in [0.15, 0.2) is 53.0 Å². The van der Waals surface area contributed by atoms with Gasteiger partial charge in [-0.25, -0.2) is 14.2 Å². The van der Waals surface area contributed by atoms with Crippen LogP contribution in [-0.4, -0.2) is 16.1 Å². The van der Waals surface area contributed by atoms with Gasteiger partial charge in [0.25, 0.3) is 0 Å². The van der Waals surface area contributed by atoms with E-state index in [1.807, 2.05) is 12.1 Å². The first-order valence-corrected chi connectivity index (χ1v) is 6.94. The molecular formula is C16H9BrFNO2. The highest BCUT2D eigenvalue weighted by Gasteiger charge is 2.15. The van der Waals surface area contributed by atoms with Gasteiger partial charge in [0.05, 0.1) is 11.3 Å². The molecule has 0 spiro atoms. The zero-order valence-corrected chi connectivity index (χ0v) is 12.3. The predicted octanol–water partition coefficient (Wildman–Crippen LogP) is 4.50. The van der Waals surface area contributed by atoms with Crippen LogP contribution in [0.4, 0.5) is 4.39 Å². The summed E-state index contributed by atoms with van der Waals surface area (Å²) in [4.78, 5) is 15.7. The van der Waals surface area contributed by atoms with E-state index in [4.69, 9.17) is 0 Å². The topological polar surface area (TPSA) is 50.2 Å². The van der Waals surface area contributed by atoms with Crippen molar-refractivity contribution >= 4 is 32.8 Å². The van der Waals surface area contributed by atoms with Gasteiger partial charge in [0.2, 0.25) is 0 Å². The molecule has 0 fully saturated rings. The van der Waals surface area contributed by atoms with Crippen molar-refractivity contribution in [2.24, 2.45) is 0 Å². The van der Waals surface area contributed by atoms with Crippen molar-refractivity contribution in [2.75, 3.05) is 0 Å². The molecule has 3 aromatic rings. The summed E-state index contributed by atoms with van der Waals surface area (Å²) in [6, 6.07) is 13.0. The number of carboxylic acid groups (broad SMARTS) is 1. The maximum absolute atomic E-state index is 13.9. The van der Waals surface area contributed by atoms with Gasteiger partial charge in [0.1, 0.15) is 11.3 Å². The largest absolute Gasteiger partial charge is 0.478 e. The summed E-state index contributed by atoms with van der Waals surface area (Å²) in [5.74, 6) is -1.64. The summed E-state index contributed by atoms with van der Waals surface area (Å²) < 4.78 is 14.8. The van der Waals surface area contributed by atoms with E-state index >= 15 is 0 Å². The molecular weight excluding hydrogens is 337 g/mol. The van der Waals surface area contributed by atoms with Gasteiger partial charge in [-0.3, -0.25) is 0 Å². The molecule has 0 aliphatic carbocycles. The smallest absolute Gasteiger partial charge is 0.336 e. The van der Waals surface area contributed by atoms with Gasteiger partial charge in [0.15, 0.2) is 0 Å². The van der Waals surface area contributed by atoms with Crippen LogP contribution in [-0.2, 0) is 0 Å². The third kappa shape index (κ3) is 2.52. The Balaban J connectivity index is 2.32. The molecule has 0 aliphatic rings. The number of carboxylic acids is 1. The molecule has 0 saturated carbocycles. The summed E-state index contributed by atoms with van der Waals surface area (Å²) >= 11 is 3.33. The van der Waals surface area contributed by atoms with E-state index in [-0.39, 0.29) is 11.1 Å². The van der Waals surface area contributed by atoms with Gasteiger partial charge in [-0.1, -0.05) is 40.2 Å². The molecule has 0 saturated heterocycles. The number of benzene rings is 2. The van der Waals surface area contributed by atoms with Crippen molar-refractivity contribution in [3.63, 3.8) is 0 Å². The van der Waals surface area contributed by atoms with Crippen molar-refractivity contribution in [1.29, 1.82) is 0 Å². The van der Waals surface area contributed by atoms with Crippen LogP contribution in [0.1, 0.15) is 10.4 Å². The Morgan fingerprint density at radius 2 is 1.86 bits per heavy atom. The first-order chi connectivity index (χ1) is 10.1. The third-order valence-electron chi connectivity index (χ3n) is 3.16. The minimum atomic E-state index is -1.11. The Bertz CT molecular complexity index is 847. The minimum Gasteiger partial charge on any atom is -0.478 e. The zero-order chi connectivity index (χ0) is 15.0. The summed E-state index contributed by atoms with van der Waals surface area (Å²) in [5.41, 5.74) is 1.26. The Morgan fingerprint density at radius 3 is 2.52 bits per heavy atom. The number of aromatic nitrogens is 1. The van der Waals surface area contributed by atoms with Crippen LogP contribution < -0.4 is 0 Å². The maximum atomic E-state index is 13.9. The van der Waals surface area contributed by atoms with E-state index in [1.165, 1.54) is 18.2 Å². The number of hydrogen-bond acceptors (Lipinski definition) is 2.